The number of hydrogen-bond acceptors (Lipinski definition) is 6. The number of amides is 1. The van der Waals surface area contributed by atoms with Crippen molar-refractivity contribution in [2.24, 2.45) is 11.7 Å². The first-order valence-corrected chi connectivity index (χ1v) is 7.92. The molecule has 1 unspecified atom stereocenters. The van der Waals surface area contributed by atoms with Gasteiger partial charge in [0.05, 0.1) is 5.02 Å². The molecule has 0 saturated heterocycles. The molecule has 3 N–H and O–H groups in total. The average Bonchev–Trinajstić information content (AvgIpc) is 2.93. The van der Waals surface area contributed by atoms with Crippen molar-refractivity contribution in [1.82, 2.24) is 10.2 Å². The van der Waals surface area contributed by atoms with Crippen molar-refractivity contribution in [2.45, 2.75) is 16.2 Å². The Morgan fingerprint density at radius 1 is 1.60 bits per heavy atom. The molecule has 20 heavy (non-hydrogen) atoms. The maximum atomic E-state index is 11.7. The van der Waals surface area contributed by atoms with Gasteiger partial charge in [0.1, 0.15) is 5.51 Å². The van der Waals surface area contributed by atoms with Crippen LogP contribution >= 0.6 is 34.7 Å². The van der Waals surface area contributed by atoms with Gasteiger partial charge < -0.3 is 11.1 Å². The molecule has 0 saturated carbocycles. The van der Waals surface area contributed by atoms with Crippen molar-refractivity contribution in [3.63, 3.8) is 0 Å². The minimum atomic E-state index is -0.232. The van der Waals surface area contributed by atoms with Crippen LogP contribution in [0.3, 0.4) is 0 Å². The molecule has 0 spiro atoms. The number of nitrogens with two attached hydrogens (primary N) is 1. The van der Waals surface area contributed by atoms with Crippen LogP contribution in [0.2, 0.25) is 5.02 Å². The number of halogens is 1. The second-order valence-corrected chi connectivity index (χ2v) is 6.61. The van der Waals surface area contributed by atoms with Crippen LogP contribution in [0, 0.1) is 5.92 Å². The summed E-state index contributed by atoms with van der Waals surface area (Å²) >= 11 is 9.09. The standard InChI is InChI=1S/C12H13ClN4OS2/c1-7(5-14)11(18)16-8-2-3-10(9(13)4-8)20-12-17-15-6-19-12/h2-4,6-7H,5,14H2,1H3,(H,16,18). The van der Waals surface area contributed by atoms with Gasteiger partial charge in [0.2, 0.25) is 5.91 Å². The van der Waals surface area contributed by atoms with Crippen LogP contribution in [-0.2, 0) is 4.79 Å². The van der Waals surface area contributed by atoms with Crippen molar-refractivity contribution in [3.05, 3.63) is 28.7 Å². The third-order valence-corrected chi connectivity index (χ3v) is 4.82. The van der Waals surface area contributed by atoms with Gasteiger partial charge in [-0.15, -0.1) is 10.2 Å². The van der Waals surface area contributed by atoms with E-state index < -0.39 is 0 Å². The zero-order chi connectivity index (χ0) is 14.5. The minimum Gasteiger partial charge on any atom is -0.330 e. The highest BCUT2D eigenvalue weighted by atomic mass is 35.5. The summed E-state index contributed by atoms with van der Waals surface area (Å²) in [6.07, 6.45) is 0. The quantitative estimate of drug-likeness (QED) is 0.882. The Hall–Kier alpha value is -1.15. The monoisotopic (exact) mass is 328 g/mol. The van der Waals surface area contributed by atoms with E-state index in [4.69, 9.17) is 17.3 Å². The van der Waals surface area contributed by atoms with Crippen LogP contribution in [0.5, 0.6) is 0 Å². The van der Waals surface area contributed by atoms with Crippen LogP contribution in [0.25, 0.3) is 0 Å². The Kier molecular flexibility index (Phi) is 5.36. The molecule has 1 aromatic heterocycles. The largest absolute Gasteiger partial charge is 0.330 e. The summed E-state index contributed by atoms with van der Waals surface area (Å²) in [5.74, 6) is -0.350. The van der Waals surface area contributed by atoms with E-state index in [-0.39, 0.29) is 11.8 Å². The van der Waals surface area contributed by atoms with Gasteiger partial charge in [0, 0.05) is 23.0 Å². The highest BCUT2D eigenvalue weighted by Crippen LogP contribution is 2.35. The van der Waals surface area contributed by atoms with Gasteiger partial charge in [-0.1, -0.05) is 41.6 Å². The third kappa shape index (κ3) is 3.92. The first-order valence-electron chi connectivity index (χ1n) is 5.84. The summed E-state index contributed by atoms with van der Waals surface area (Å²) in [4.78, 5) is 12.6. The number of anilines is 1. The number of nitrogens with one attached hydrogen (secondary N) is 1. The summed E-state index contributed by atoms with van der Waals surface area (Å²) in [6, 6.07) is 5.36. The first-order chi connectivity index (χ1) is 9.60. The lowest BCUT2D eigenvalue weighted by Crippen LogP contribution is -2.26. The molecular weight excluding hydrogens is 316 g/mol. The molecule has 0 aliphatic rings. The fourth-order valence-corrected chi connectivity index (χ4v) is 3.07. The maximum absolute atomic E-state index is 11.7. The summed E-state index contributed by atoms with van der Waals surface area (Å²) < 4.78 is 0.820. The van der Waals surface area contributed by atoms with Crippen molar-refractivity contribution in [1.29, 1.82) is 0 Å². The van der Waals surface area contributed by atoms with E-state index >= 15 is 0 Å². The molecular formula is C12H13ClN4OS2. The van der Waals surface area contributed by atoms with Crippen molar-refractivity contribution < 1.29 is 4.79 Å². The van der Waals surface area contributed by atoms with Crippen LogP contribution in [-0.4, -0.2) is 22.6 Å². The third-order valence-electron chi connectivity index (χ3n) is 2.54. The van der Waals surface area contributed by atoms with Crippen molar-refractivity contribution >= 4 is 46.3 Å². The van der Waals surface area contributed by atoms with Crippen LogP contribution in [0.1, 0.15) is 6.92 Å². The molecule has 1 amide bonds. The molecule has 0 aliphatic carbocycles. The van der Waals surface area contributed by atoms with Gasteiger partial charge in [0.15, 0.2) is 4.34 Å². The SMILES string of the molecule is CC(CN)C(=O)Nc1ccc(Sc2nncs2)c(Cl)c1. The van der Waals surface area contributed by atoms with Crippen LogP contribution in [0.4, 0.5) is 5.69 Å². The predicted molar refractivity (Wildman–Crippen MR) is 82.3 cm³/mol. The minimum absolute atomic E-state index is 0.118. The molecule has 106 valence electrons. The normalized spacial score (nSPS) is 12.2. The summed E-state index contributed by atoms with van der Waals surface area (Å²) in [5, 5.41) is 11.1. The van der Waals surface area contributed by atoms with Crippen molar-refractivity contribution in [2.75, 3.05) is 11.9 Å². The molecule has 2 aromatic rings. The number of rotatable bonds is 5. The molecule has 0 bridgehead atoms. The predicted octanol–water partition coefficient (Wildman–Crippen LogP) is 2.88. The number of benzene rings is 1. The fraction of sp³-hybridized carbons (Fsp3) is 0.250. The second-order valence-electron chi connectivity index (χ2n) is 4.08. The van der Waals surface area contributed by atoms with Crippen molar-refractivity contribution in [3.8, 4) is 0 Å². The molecule has 2 rings (SSSR count). The molecule has 1 aromatic carbocycles. The number of carbonyl (C=O) groups is 1. The molecule has 5 nitrogen and oxygen atoms in total. The van der Waals surface area contributed by atoms with Gasteiger partial charge in [-0.25, -0.2) is 0 Å². The van der Waals surface area contributed by atoms with Crippen LogP contribution < -0.4 is 11.1 Å². The Morgan fingerprint density at radius 2 is 2.40 bits per heavy atom. The van der Waals surface area contributed by atoms with Gasteiger partial charge in [-0.3, -0.25) is 4.79 Å². The molecule has 0 radical (unpaired) electrons. The Bertz CT molecular complexity index is 591. The first kappa shape index (κ1) is 15.2. The lowest BCUT2D eigenvalue weighted by atomic mass is 10.1. The molecule has 1 atom stereocenters. The van der Waals surface area contributed by atoms with E-state index in [1.54, 1.807) is 24.6 Å². The molecule has 0 fully saturated rings. The number of aromatic nitrogens is 2. The van der Waals surface area contributed by atoms with E-state index in [9.17, 15) is 4.79 Å². The number of nitrogens with zero attached hydrogens (tertiary/aromatic N) is 2. The fourth-order valence-electron chi connectivity index (χ4n) is 1.34. The molecule has 1 heterocycles. The lowest BCUT2D eigenvalue weighted by molar-refractivity contribution is -0.119. The Labute approximate surface area is 129 Å². The van der Waals surface area contributed by atoms with Crippen LogP contribution in [0.15, 0.2) is 32.9 Å². The smallest absolute Gasteiger partial charge is 0.228 e. The lowest BCUT2D eigenvalue weighted by Gasteiger charge is -2.11. The summed E-state index contributed by atoms with van der Waals surface area (Å²) in [5.41, 5.74) is 7.77. The average molecular weight is 329 g/mol. The Balaban J connectivity index is 2.07. The number of hydrogen-bond donors (Lipinski definition) is 2. The highest BCUT2D eigenvalue weighted by Gasteiger charge is 2.12. The summed E-state index contributed by atoms with van der Waals surface area (Å²) in [6.45, 7) is 2.08. The van der Waals surface area contributed by atoms with Gasteiger partial charge in [-0.2, -0.15) is 0 Å². The second kappa shape index (κ2) is 7.03. The van der Waals surface area contributed by atoms with E-state index in [1.807, 2.05) is 6.07 Å². The van der Waals surface area contributed by atoms with Gasteiger partial charge >= 0.3 is 0 Å². The summed E-state index contributed by atoms with van der Waals surface area (Å²) in [7, 11) is 0. The Morgan fingerprint density at radius 3 is 3.00 bits per heavy atom. The maximum Gasteiger partial charge on any atom is 0.228 e. The molecule has 8 heteroatoms. The zero-order valence-electron chi connectivity index (χ0n) is 10.7. The topological polar surface area (TPSA) is 80.9 Å². The van der Waals surface area contributed by atoms with E-state index in [0.717, 1.165) is 9.24 Å². The highest BCUT2D eigenvalue weighted by molar-refractivity contribution is 8.01. The number of carbonyl (C=O) groups excluding carboxylic acids is 1. The molecule has 0 aliphatic heterocycles. The van der Waals surface area contributed by atoms with E-state index in [2.05, 4.69) is 15.5 Å². The van der Waals surface area contributed by atoms with Gasteiger partial charge in [0.25, 0.3) is 0 Å². The van der Waals surface area contributed by atoms with Gasteiger partial charge in [-0.05, 0) is 18.2 Å². The van der Waals surface area contributed by atoms with E-state index in [0.29, 0.717) is 17.3 Å². The zero-order valence-corrected chi connectivity index (χ0v) is 13.1. The van der Waals surface area contributed by atoms with E-state index in [1.165, 1.54) is 23.1 Å².